The first-order valence-corrected chi connectivity index (χ1v) is 7.00. The van der Waals surface area contributed by atoms with Crippen molar-refractivity contribution in [1.82, 2.24) is 0 Å². The van der Waals surface area contributed by atoms with Crippen LogP contribution < -0.4 is 5.32 Å². The van der Waals surface area contributed by atoms with Crippen molar-refractivity contribution in [2.75, 3.05) is 12.4 Å². The van der Waals surface area contributed by atoms with Gasteiger partial charge < -0.3 is 10.2 Å². The van der Waals surface area contributed by atoms with E-state index in [1.807, 2.05) is 36.4 Å². The summed E-state index contributed by atoms with van der Waals surface area (Å²) in [5.74, 6) is -0.137. The maximum atomic E-state index is 12.1. The summed E-state index contributed by atoms with van der Waals surface area (Å²) in [7, 11) is 1.49. The van der Waals surface area contributed by atoms with Gasteiger partial charge in [0, 0.05) is 14.8 Å². The van der Waals surface area contributed by atoms with Crippen molar-refractivity contribution in [3.8, 4) is 0 Å². The first-order chi connectivity index (χ1) is 9.69. The van der Waals surface area contributed by atoms with Crippen molar-refractivity contribution in [3.05, 3.63) is 63.2 Å². The zero-order chi connectivity index (χ0) is 14.4. The fourth-order valence-corrected chi connectivity index (χ4v) is 2.15. The highest BCUT2D eigenvalue weighted by Crippen LogP contribution is 2.14. The zero-order valence-electron chi connectivity index (χ0n) is 10.8. The van der Waals surface area contributed by atoms with Crippen LogP contribution in [0.2, 0.25) is 0 Å². The molecule has 4 nitrogen and oxygen atoms in total. The molecule has 5 heteroatoms. The number of carbonyl (C=O) groups is 1. The number of carbonyl (C=O) groups excluding carboxylic acids is 1. The number of benzene rings is 2. The quantitative estimate of drug-likeness (QED) is 0.501. The lowest BCUT2D eigenvalue weighted by molar-refractivity contribution is 0.102. The van der Waals surface area contributed by atoms with Crippen LogP contribution in [0.15, 0.2) is 53.7 Å². The lowest BCUT2D eigenvalue weighted by Crippen LogP contribution is -2.11. The molecule has 2 aromatic rings. The van der Waals surface area contributed by atoms with Gasteiger partial charge in [-0.3, -0.25) is 4.79 Å². The van der Waals surface area contributed by atoms with Crippen molar-refractivity contribution in [1.29, 1.82) is 0 Å². The molecule has 0 aliphatic heterocycles. The van der Waals surface area contributed by atoms with Crippen LogP contribution in [0, 0.1) is 3.57 Å². The molecule has 0 atom stereocenters. The molecule has 102 valence electrons. The summed E-state index contributed by atoms with van der Waals surface area (Å²) in [6.07, 6.45) is 1.58. The molecule has 0 aromatic heterocycles. The van der Waals surface area contributed by atoms with Gasteiger partial charge in [-0.05, 0) is 58.5 Å². The average molecular weight is 380 g/mol. The van der Waals surface area contributed by atoms with Crippen LogP contribution in [0.4, 0.5) is 5.69 Å². The van der Waals surface area contributed by atoms with Crippen LogP contribution in [-0.4, -0.2) is 19.2 Å². The molecule has 0 aliphatic rings. The standard InChI is InChI=1S/C15H13IN2O2/c1-20-17-10-11-5-7-12(8-6-11)15(19)18-14-4-2-3-13(16)9-14/h2-10H,1H3,(H,18,19)/b17-10+. The highest BCUT2D eigenvalue weighted by atomic mass is 127. The highest BCUT2D eigenvalue weighted by Gasteiger charge is 2.05. The molecule has 0 aliphatic carbocycles. The molecule has 2 rings (SSSR count). The molecule has 0 saturated carbocycles. The number of hydrogen-bond donors (Lipinski definition) is 1. The SMILES string of the molecule is CO/N=C/c1ccc(C(=O)Nc2cccc(I)c2)cc1. The fourth-order valence-electron chi connectivity index (χ4n) is 1.60. The van der Waals surface area contributed by atoms with Crippen LogP contribution in [0.5, 0.6) is 0 Å². The molecular weight excluding hydrogens is 367 g/mol. The molecule has 0 bridgehead atoms. The van der Waals surface area contributed by atoms with E-state index >= 15 is 0 Å². The first kappa shape index (κ1) is 14.5. The molecule has 20 heavy (non-hydrogen) atoms. The van der Waals surface area contributed by atoms with Gasteiger partial charge in [-0.2, -0.15) is 0 Å². The molecule has 0 radical (unpaired) electrons. The summed E-state index contributed by atoms with van der Waals surface area (Å²) in [5.41, 5.74) is 2.25. The Bertz CT molecular complexity index is 624. The second-order valence-corrected chi connectivity index (χ2v) is 5.25. The highest BCUT2D eigenvalue weighted by molar-refractivity contribution is 14.1. The van der Waals surface area contributed by atoms with Crippen LogP contribution >= 0.6 is 22.6 Å². The Balaban J connectivity index is 2.07. The molecule has 1 amide bonds. The minimum Gasteiger partial charge on any atom is -0.399 e. The molecule has 1 N–H and O–H groups in total. The smallest absolute Gasteiger partial charge is 0.255 e. The van der Waals surface area contributed by atoms with Gasteiger partial charge in [-0.1, -0.05) is 23.4 Å². The van der Waals surface area contributed by atoms with Crippen molar-refractivity contribution < 1.29 is 9.63 Å². The summed E-state index contributed by atoms with van der Waals surface area (Å²) < 4.78 is 1.08. The second kappa shape index (κ2) is 7.04. The van der Waals surface area contributed by atoms with E-state index in [1.165, 1.54) is 7.11 Å². The Kier molecular flexibility index (Phi) is 5.11. The van der Waals surface area contributed by atoms with Gasteiger partial charge in [0.05, 0.1) is 6.21 Å². The lowest BCUT2D eigenvalue weighted by Gasteiger charge is -2.05. The summed E-state index contributed by atoms with van der Waals surface area (Å²) in [5, 5.41) is 6.53. The lowest BCUT2D eigenvalue weighted by atomic mass is 10.1. The number of rotatable bonds is 4. The van der Waals surface area contributed by atoms with Gasteiger partial charge in [0.2, 0.25) is 0 Å². The Labute approximate surface area is 131 Å². The van der Waals surface area contributed by atoms with Crippen LogP contribution in [0.3, 0.4) is 0 Å². The monoisotopic (exact) mass is 380 g/mol. The summed E-state index contributed by atoms with van der Waals surface area (Å²) in [6, 6.07) is 14.8. The van der Waals surface area contributed by atoms with Gasteiger partial charge in [0.1, 0.15) is 7.11 Å². The first-order valence-electron chi connectivity index (χ1n) is 5.92. The molecule has 0 spiro atoms. The van der Waals surface area contributed by atoms with Crippen molar-refractivity contribution in [2.24, 2.45) is 5.16 Å². The third-order valence-corrected chi connectivity index (χ3v) is 3.23. The topological polar surface area (TPSA) is 50.7 Å². The summed E-state index contributed by atoms with van der Waals surface area (Å²) in [6.45, 7) is 0. The second-order valence-electron chi connectivity index (χ2n) is 4.00. The van der Waals surface area contributed by atoms with Gasteiger partial charge in [0.15, 0.2) is 0 Å². The normalized spacial score (nSPS) is 10.5. The third-order valence-electron chi connectivity index (χ3n) is 2.56. The van der Waals surface area contributed by atoms with E-state index in [9.17, 15) is 4.79 Å². The number of hydrogen-bond acceptors (Lipinski definition) is 3. The number of nitrogens with one attached hydrogen (secondary N) is 1. The van der Waals surface area contributed by atoms with Gasteiger partial charge >= 0.3 is 0 Å². The van der Waals surface area contributed by atoms with Gasteiger partial charge in [-0.25, -0.2) is 0 Å². The average Bonchev–Trinajstić information content (AvgIpc) is 2.45. The predicted molar refractivity (Wildman–Crippen MR) is 88.2 cm³/mol. The summed E-state index contributed by atoms with van der Waals surface area (Å²) >= 11 is 2.21. The summed E-state index contributed by atoms with van der Waals surface area (Å²) in [4.78, 5) is 16.7. The molecular formula is C15H13IN2O2. The van der Waals surface area contributed by atoms with Crippen molar-refractivity contribution in [2.45, 2.75) is 0 Å². The van der Waals surface area contributed by atoms with E-state index in [0.717, 1.165) is 14.8 Å². The van der Waals surface area contributed by atoms with E-state index in [-0.39, 0.29) is 5.91 Å². The van der Waals surface area contributed by atoms with E-state index < -0.39 is 0 Å². The largest absolute Gasteiger partial charge is 0.399 e. The van der Waals surface area contributed by atoms with E-state index in [0.29, 0.717) is 5.56 Å². The Morgan fingerprint density at radius 3 is 2.65 bits per heavy atom. The molecule has 0 heterocycles. The van der Waals surface area contributed by atoms with Crippen molar-refractivity contribution in [3.63, 3.8) is 0 Å². The number of halogens is 1. The van der Waals surface area contributed by atoms with Crippen LogP contribution in [0.1, 0.15) is 15.9 Å². The van der Waals surface area contributed by atoms with Gasteiger partial charge in [-0.15, -0.1) is 0 Å². The fraction of sp³-hybridized carbons (Fsp3) is 0.0667. The van der Waals surface area contributed by atoms with Crippen LogP contribution in [0.25, 0.3) is 0 Å². The number of amides is 1. The zero-order valence-corrected chi connectivity index (χ0v) is 13.0. The molecule has 0 fully saturated rings. The predicted octanol–water partition coefficient (Wildman–Crippen LogP) is 3.52. The van der Waals surface area contributed by atoms with E-state index in [1.54, 1.807) is 18.3 Å². The Hall–Kier alpha value is -1.89. The molecule has 0 unspecified atom stereocenters. The maximum absolute atomic E-state index is 12.1. The van der Waals surface area contributed by atoms with E-state index in [4.69, 9.17) is 0 Å². The number of anilines is 1. The Morgan fingerprint density at radius 2 is 2.00 bits per heavy atom. The van der Waals surface area contributed by atoms with Crippen molar-refractivity contribution >= 4 is 40.4 Å². The van der Waals surface area contributed by atoms with Crippen LogP contribution in [-0.2, 0) is 4.84 Å². The van der Waals surface area contributed by atoms with Gasteiger partial charge in [0.25, 0.3) is 5.91 Å². The Morgan fingerprint density at radius 1 is 1.25 bits per heavy atom. The molecule has 0 saturated heterocycles. The number of nitrogens with zero attached hydrogens (tertiary/aromatic N) is 1. The van der Waals surface area contributed by atoms with E-state index in [2.05, 4.69) is 37.9 Å². The minimum absolute atomic E-state index is 0.137. The maximum Gasteiger partial charge on any atom is 0.255 e. The molecule has 2 aromatic carbocycles. The third kappa shape index (κ3) is 4.06. The number of oxime groups is 1. The minimum atomic E-state index is -0.137.